The van der Waals surface area contributed by atoms with E-state index in [0.29, 0.717) is 5.92 Å². The molecule has 1 aromatic carbocycles. The first kappa shape index (κ1) is 13.8. The monoisotopic (exact) mass is 306 g/mol. The van der Waals surface area contributed by atoms with E-state index in [2.05, 4.69) is 57.6 Å². The molecule has 0 bridgehead atoms. The number of aryl methyl sites for hydroxylation is 1. The molecule has 6 nitrogen and oxygen atoms in total. The second kappa shape index (κ2) is 5.08. The molecule has 6 heteroatoms. The molecule has 0 aliphatic heterocycles. The van der Waals surface area contributed by atoms with E-state index in [1.54, 1.807) is 6.20 Å². The third-order valence-electron chi connectivity index (χ3n) is 4.01. The first-order chi connectivity index (χ1) is 11.1. The molecule has 0 atom stereocenters. The summed E-state index contributed by atoms with van der Waals surface area (Å²) in [5.74, 6) is 1.13. The van der Waals surface area contributed by atoms with Crippen LogP contribution in [0, 0.1) is 0 Å². The minimum atomic E-state index is 0.400. The van der Waals surface area contributed by atoms with Gasteiger partial charge in [0.15, 0.2) is 5.82 Å². The van der Waals surface area contributed by atoms with Crippen molar-refractivity contribution in [2.75, 3.05) is 5.32 Å². The number of hydrogen-bond acceptors (Lipinski definition) is 4. The Labute approximate surface area is 133 Å². The van der Waals surface area contributed by atoms with E-state index >= 15 is 0 Å². The summed E-state index contributed by atoms with van der Waals surface area (Å²) in [7, 11) is 1.98. The number of aromatic nitrogens is 5. The van der Waals surface area contributed by atoms with Crippen LogP contribution < -0.4 is 5.32 Å². The maximum Gasteiger partial charge on any atom is 0.178 e. The molecule has 23 heavy (non-hydrogen) atoms. The minimum Gasteiger partial charge on any atom is -0.337 e. The Morgan fingerprint density at radius 2 is 2.09 bits per heavy atom. The fourth-order valence-electron chi connectivity index (χ4n) is 2.87. The van der Waals surface area contributed by atoms with Crippen LogP contribution in [0.5, 0.6) is 0 Å². The number of pyridine rings is 1. The van der Waals surface area contributed by atoms with Crippen LogP contribution in [0.1, 0.15) is 25.5 Å². The van der Waals surface area contributed by atoms with E-state index in [4.69, 9.17) is 0 Å². The number of H-pyrrole nitrogens is 1. The van der Waals surface area contributed by atoms with Crippen molar-refractivity contribution in [2.45, 2.75) is 19.8 Å². The van der Waals surface area contributed by atoms with Crippen LogP contribution in [0.2, 0.25) is 0 Å². The van der Waals surface area contributed by atoms with Crippen LogP contribution in [-0.4, -0.2) is 25.0 Å². The molecule has 0 unspecified atom stereocenters. The lowest BCUT2D eigenvalue weighted by atomic mass is 10.1. The Morgan fingerprint density at radius 3 is 2.91 bits per heavy atom. The van der Waals surface area contributed by atoms with Crippen molar-refractivity contribution in [2.24, 2.45) is 7.05 Å². The van der Waals surface area contributed by atoms with Crippen molar-refractivity contribution < 1.29 is 0 Å². The van der Waals surface area contributed by atoms with Crippen LogP contribution >= 0.6 is 0 Å². The first-order valence-corrected chi connectivity index (χ1v) is 7.66. The van der Waals surface area contributed by atoms with Gasteiger partial charge in [0.2, 0.25) is 0 Å². The van der Waals surface area contributed by atoms with Crippen LogP contribution in [0.25, 0.3) is 21.9 Å². The fraction of sp³-hybridized carbons (Fsp3) is 0.235. The molecule has 0 saturated carbocycles. The maximum absolute atomic E-state index is 4.63. The average Bonchev–Trinajstić information content (AvgIpc) is 3.10. The lowest BCUT2D eigenvalue weighted by Crippen LogP contribution is -1.94. The fourth-order valence-corrected chi connectivity index (χ4v) is 2.87. The topological polar surface area (TPSA) is 71.4 Å². The number of fused-ring (bicyclic) bond motifs is 2. The highest BCUT2D eigenvalue weighted by Crippen LogP contribution is 2.28. The van der Waals surface area contributed by atoms with Gasteiger partial charge in [-0.05, 0) is 36.2 Å². The van der Waals surface area contributed by atoms with Crippen molar-refractivity contribution in [3.63, 3.8) is 0 Å². The number of anilines is 2. The summed E-state index contributed by atoms with van der Waals surface area (Å²) in [6, 6.07) is 10.1. The summed E-state index contributed by atoms with van der Waals surface area (Å²) in [6.07, 6.45) is 1.77. The van der Waals surface area contributed by atoms with Gasteiger partial charge in [0, 0.05) is 24.3 Å². The Hall–Kier alpha value is -2.89. The first-order valence-electron chi connectivity index (χ1n) is 7.66. The Morgan fingerprint density at radius 1 is 1.22 bits per heavy atom. The normalized spacial score (nSPS) is 11.7. The van der Waals surface area contributed by atoms with Crippen molar-refractivity contribution in [1.29, 1.82) is 0 Å². The van der Waals surface area contributed by atoms with E-state index in [9.17, 15) is 0 Å². The Bertz CT molecular complexity index is 995. The third-order valence-corrected chi connectivity index (χ3v) is 4.01. The molecule has 0 fully saturated rings. The van der Waals surface area contributed by atoms with Crippen LogP contribution in [0.15, 0.2) is 36.5 Å². The molecule has 3 aromatic heterocycles. The molecule has 4 aromatic rings. The summed E-state index contributed by atoms with van der Waals surface area (Å²) in [4.78, 5) is 4.37. The predicted molar refractivity (Wildman–Crippen MR) is 92.0 cm³/mol. The van der Waals surface area contributed by atoms with Gasteiger partial charge in [0.25, 0.3) is 0 Å². The van der Waals surface area contributed by atoms with E-state index in [1.165, 1.54) is 5.39 Å². The van der Waals surface area contributed by atoms with Crippen LogP contribution in [-0.2, 0) is 7.05 Å². The highest BCUT2D eigenvalue weighted by Gasteiger charge is 2.13. The highest BCUT2D eigenvalue weighted by atomic mass is 15.3. The third kappa shape index (κ3) is 2.23. The molecule has 3 heterocycles. The second-order valence-corrected chi connectivity index (χ2v) is 5.99. The maximum atomic E-state index is 4.63. The zero-order valence-corrected chi connectivity index (χ0v) is 13.3. The molecule has 0 aliphatic carbocycles. The molecule has 116 valence electrons. The zero-order valence-electron chi connectivity index (χ0n) is 13.3. The summed E-state index contributed by atoms with van der Waals surface area (Å²) in [6.45, 7) is 4.32. The largest absolute Gasteiger partial charge is 0.337 e. The smallest absolute Gasteiger partial charge is 0.178 e. The summed E-state index contributed by atoms with van der Waals surface area (Å²) < 4.78 is 1.93. The molecule has 2 N–H and O–H groups in total. The summed E-state index contributed by atoms with van der Waals surface area (Å²) in [5.41, 5.74) is 4.95. The molecular formula is C17H18N6. The van der Waals surface area contributed by atoms with Gasteiger partial charge in [0.05, 0.1) is 16.7 Å². The van der Waals surface area contributed by atoms with Gasteiger partial charge in [-0.2, -0.15) is 10.2 Å². The van der Waals surface area contributed by atoms with Gasteiger partial charge in [-0.15, -0.1) is 0 Å². The molecule has 0 saturated heterocycles. The average molecular weight is 306 g/mol. The Kier molecular flexibility index (Phi) is 3.04. The molecule has 0 spiro atoms. The summed E-state index contributed by atoms with van der Waals surface area (Å²) in [5, 5.41) is 16.5. The van der Waals surface area contributed by atoms with Crippen molar-refractivity contribution in [1.82, 2.24) is 25.0 Å². The minimum absolute atomic E-state index is 0.400. The van der Waals surface area contributed by atoms with Crippen molar-refractivity contribution >= 4 is 33.4 Å². The molecule has 0 amide bonds. The summed E-state index contributed by atoms with van der Waals surface area (Å²) >= 11 is 0. The molecular weight excluding hydrogens is 288 g/mol. The molecule has 0 aliphatic rings. The lowest BCUT2D eigenvalue weighted by Gasteiger charge is -2.05. The highest BCUT2D eigenvalue weighted by molar-refractivity contribution is 5.90. The number of aromatic amines is 1. The number of nitrogens with zero attached hydrogens (tertiary/aromatic N) is 4. The SMILES string of the molecule is CC(C)c1nn(C)c2cc(Nc3n[nH]c4cccnc34)ccc12. The van der Waals surface area contributed by atoms with Crippen molar-refractivity contribution in [3.8, 4) is 0 Å². The van der Waals surface area contributed by atoms with E-state index < -0.39 is 0 Å². The lowest BCUT2D eigenvalue weighted by molar-refractivity contribution is 0.729. The van der Waals surface area contributed by atoms with Gasteiger partial charge in [-0.3, -0.25) is 14.8 Å². The van der Waals surface area contributed by atoms with Gasteiger partial charge in [-0.25, -0.2) is 0 Å². The van der Waals surface area contributed by atoms with E-state index in [0.717, 1.165) is 33.7 Å². The predicted octanol–water partition coefficient (Wildman–Crippen LogP) is 3.71. The van der Waals surface area contributed by atoms with Gasteiger partial charge < -0.3 is 5.32 Å². The standard InChI is InChI=1S/C17H18N6/c1-10(2)15-12-7-6-11(9-14(12)23(3)22-15)19-17-16-13(20-21-17)5-4-8-18-16/h4-10H,1-3H3,(H2,19,20,21). The number of benzene rings is 1. The van der Waals surface area contributed by atoms with Gasteiger partial charge in [-0.1, -0.05) is 13.8 Å². The van der Waals surface area contributed by atoms with Crippen LogP contribution in [0.4, 0.5) is 11.5 Å². The van der Waals surface area contributed by atoms with Gasteiger partial charge in [0.1, 0.15) is 5.52 Å². The van der Waals surface area contributed by atoms with Gasteiger partial charge >= 0.3 is 0 Å². The van der Waals surface area contributed by atoms with Crippen LogP contribution in [0.3, 0.4) is 0 Å². The van der Waals surface area contributed by atoms with E-state index in [-0.39, 0.29) is 0 Å². The van der Waals surface area contributed by atoms with E-state index in [1.807, 2.05) is 23.9 Å². The molecule has 4 rings (SSSR count). The zero-order chi connectivity index (χ0) is 16.0. The Balaban J connectivity index is 1.76. The number of hydrogen-bond donors (Lipinski definition) is 2. The molecule has 0 radical (unpaired) electrons. The second-order valence-electron chi connectivity index (χ2n) is 5.99. The number of rotatable bonds is 3. The van der Waals surface area contributed by atoms with Crippen molar-refractivity contribution in [3.05, 3.63) is 42.2 Å². The quantitative estimate of drug-likeness (QED) is 0.605. The number of nitrogens with one attached hydrogen (secondary N) is 2.